The monoisotopic (exact) mass is 1350 g/mol. The number of carbonyl (C=O) groups excluding carboxylic acids is 1. The van der Waals surface area contributed by atoms with Crippen LogP contribution in [0.5, 0.6) is 23.5 Å². The van der Waals surface area contributed by atoms with E-state index in [4.69, 9.17) is 56.9 Å². The number of nitrogens with zero attached hydrogens (tertiary/aromatic N) is 11. The average Bonchev–Trinajstić information content (AvgIpc) is 1.32. The lowest BCUT2D eigenvalue weighted by molar-refractivity contribution is 0.0122. The molecule has 4 aromatic carbocycles. The molecule has 11 heterocycles. The number of piperidine rings is 1. The standard InChI is InChI=1S/C38H43ClF2N6O5.C32H32ClF2N5O2.FH/c1-37(2,3)52-36(48)47-24-9-10-25(47)19-45(18-24)34-28-16-42-32(27-14-26(51-21-49-4)13-22-7-5-8-29(39)30(22)27)31(41)33(28)43-35(44-34)50-20-38-11-6-12-46(38)17-23(40)15-38;33-25-4-1-3-20-10-22(41)11-23(26(20)25)28-27(35)29-24(13-36-28)30(39-14-18-5-6-19(9-18)15-39)38-31(37-29)42-17-32-7-2-8-40(32)16-21(34)12-32;/h5,7-8,13-14,16,23-25H,6,9-12,15,17-21H2,1-4H3;1,3-4,10-11,13,18-19,21,41H,2,5-9,12,14-17H2;1H/t23-,24?,25?,38+;18?,19?,21-,32+;/m11./s1. The molecular weight excluding hydrogens is 1270 g/mol. The number of alkyl halides is 2. The topological polar surface area (TPSA) is 177 Å². The first-order valence-corrected chi connectivity index (χ1v) is 33.6. The molecule has 8 atom stereocenters. The van der Waals surface area contributed by atoms with Gasteiger partial charge in [-0.15, -0.1) is 0 Å². The maximum Gasteiger partial charge on any atom is 0.410 e. The van der Waals surface area contributed by atoms with Crippen LogP contribution in [0.3, 0.4) is 0 Å². The molecule has 4 bridgehead atoms. The van der Waals surface area contributed by atoms with E-state index in [1.165, 1.54) is 32.4 Å². The second-order valence-corrected chi connectivity index (χ2v) is 28.9. The molecule has 0 spiro atoms. The van der Waals surface area contributed by atoms with E-state index < -0.39 is 35.1 Å². The Morgan fingerprint density at radius 2 is 1.17 bits per heavy atom. The van der Waals surface area contributed by atoms with E-state index in [1.54, 1.807) is 42.7 Å². The number of methoxy groups -OCH3 is 1. The lowest BCUT2D eigenvalue weighted by atomic mass is 9.95. The second kappa shape index (κ2) is 25.5. The highest BCUT2D eigenvalue weighted by molar-refractivity contribution is 6.37. The number of fused-ring (bicyclic) bond motifs is 10. The van der Waals surface area contributed by atoms with E-state index >= 15 is 8.78 Å². The molecule has 8 aromatic rings. The van der Waals surface area contributed by atoms with E-state index in [0.717, 1.165) is 70.1 Å². The molecule has 1 N–H and O–H groups in total. The number of aromatic nitrogens is 6. The highest BCUT2D eigenvalue weighted by atomic mass is 35.5. The molecule has 4 aromatic heterocycles. The number of pyridine rings is 2. The molecule has 4 unspecified atom stereocenters. The predicted molar refractivity (Wildman–Crippen MR) is 354 cm³/mol. The summed E-state index contributed by atoms with van der Waals surface area (Å²) in [6.07, 6.45) is 10.7. The van der Waals surface area contributed by atoms with Crippen molar-refractivity contribution in [2.24, 2.45) is 11.8 Å². The van der Waals surface area contributed by atoms with Crippen molar-refractivity contribution >= 4 is 84.3 Å². The normalized spacial score (nSPS) is 25.5. The van der Waals surface area contributed by atoms with E-state index in [2.05, 4.69) is 39.5 Å². The van der Waals surface area contributed by atoms with Gasteiger partial charge in [0.2, 0.25) is 0 Å². The minimum Gasteiger partial charge on any atom is -0.508 e. The first-order valence-electron chi connectivity index (χ1n) is 32.8. The maximum absolute atomic E-state index is 17.2. The summed E-state index contributed by atoms with van der Waals surface area (Å²) in [6.45, 7) is 11.1. The Bertz CT molecular complexity index is 4270. The van der Waals surface area contributed by atoms with Gasteiger partial charge in [-0.3, -0.25) is 29.4 Å². The summed E-state index contributed by atoms with van der Waals surface area (Å²) in [4.78, 5) is 52.0. The summed E-state index contributed by atoms with van der Waals surface area (Å²) in [6, 6.07) is 17.2. The zero-order chi connectivity index (χ0) is 64.9. The number of ether oxygens (including phenoxy) is 5. The number of benzene rings is 4. The van der Waals surface area contributed by atoms with Crippen LogP contribution in [0.15, 0.2) is 73.1 Å². The van der Waals surface area contributed by atoms with Crippen LogP contribution in [0.4, 0.5) is 38.7 Å². The number of hydrogen-bond donors (Lipinski definition) is 1. The van der Waals surface area contributed by atoms with Crippen molar-refractivity contribution in [2.75, 3.05) is 89.3 Å². The van der Waals surface area contributed by atoms with E-state index in [9.17, 15) is 18.7 Å². The van der Waals surface area contributed by atoms with Crippen molar-refractivity contribution in [3.8, 4) is 46.0 Å². The average molecular weight is 1350 g/mol. The van der Waals surface area contributed by atoms with Crippen molar-refractivity contribution in [3.05, 3.63) is 94.7 Å². The van der Waals surface area contributed by atoms with Gasteiger partial charge < -0.3 is 38.6 Å². The molecule has 16 rings (SSSR count). The van der Waals surface area contributed by atoms with Crippen LogP contribution in [0.25, 0.3) is 65.9 Å². The highest BCUT2D eigenvalue weighted by Gasteiger charge is 2.51. The fourth-order valence-corrected chi connectivity index (χ4v) is 17.3. The number of amides is 1. The smallest absolute Gasteiger partial charge is 0.410 e. The van der Waals surface area contributed by atoms with Crippen molar-refractivity contribution < 1.29 is 55.9 Å². The Labute approximate surface area is 556 Å². The SMILES string of the molecule is COCOc1cc(-c2ncc3c(N4CC5CCC(C4)N5C(=O)OC(C)(C)C)nc(OC[C@@]45CCCN4C[C@H](F)C5)nc3c2F)c2c(Cl)cccc2c1.F.Oc1cc(-c2ncc3c(N4CC5CCC(C5)C4)nc(OC[C@@]45CCCN4C[C@H](F)C5)nc3c2F)c2c(Cl)cccc2c1. The molecule has 25 heteroatoms. The summed E-state index contributed by atoms with van der Waals surface area (Å²) in [7, 11) is 1.52. The predicted octanol–water partition coefficient (Wildman–Crippen LogP) is 13.9. The fraction of sp³-hybridized carbons (Fsp3) is 0.500. The van der Waals surface area contributed by atoms with Gasteiger partial charge in [-0.1, -0.05) is 47.5 Å². The number of aromatic hydroxyl groups is 1. The van der Waals surface area contributed by atoms with Gasteiger partial charge in [0.05, 0.1) is 33.9 Å². The van der Waals surface area contributed by atoms with Gasteiger partial charge in [0.15, 0.2) is 18.4 Å². The van der Waals surface area contributed by atoms with Crippen molar-refractivity contribution in [3.63, 3.8) is 0 Å². The van der Waals surface area contributed by atoms with E-state index in [0.29, 0.717) is 116 Å². The Balaban J connectivity index is 0.000000165. The van der Waals surface area contributed by atoms with Crippen LogP contribution in [-0.2, 0) is 9.47 Å². The molecule has 8 aliphatic rings. The number of halogens is 7. The third kappa shape index (κ3) is 12.2. The second-order valence-electron chi connectivity index (χ2n) is 28.1. The van der Waals surface area contributed by atoms with E-state index in [1.807, 2.05) is 49.9 Å². The van der Waals surface area contributed by atoms with Crippen molar-refractivity contribution in [1.82, 2.24) is 44.6 Å². The van der Waals surface area contributed by atoms with E-state index in [-0.39, 0.29) is 88.6 Å². The Kier molecular flexibility index (Phi) is 17.4. The minimum absolute atomic E-state index is 0. The number of phenols is 1. The number of hydrogen-bond acceptors (Lipinski definition) is 17. The largest absolute Gasteiger partial charge is 0.508 e. The molecule has 502 valence electrons. The first kappa shape index (κ1) is 64.9. The summed E-state index contributed by atoms with van der Waals surface area (Å²) in [5.74, 6) is 1.41. The minimum atomic E-state index is -0.926. The fourth-order valence-electron chi connectivity index (χ4n) is 16.7. The van der Waals surface area contributed by atoms with Crippen LogP contribution in [-0.4, -0.2) is 176 Å². The molecule has 1 amide bonds. The van der Waals surface area contributed by atoms with Crippen LogP contribution in [0, 0.1) is 23.5 Å². The zero-order valence-electron chi connectivity index (χ0n) is 53.4. The van der Waals surface area contributed by atoms with Gasteiger partial charge in [0.1, 0.15) is 76.7 Å². The maximum atomic E-state index is 17.2. The molecular formula is C70H76Cl2F5N11O7. The Morgan fingerprint density at radius 1 is 0.663 bits per heavy atom. The zero-order valence-corrected chi connectivity index (χ0v) is 55.0. The molecule has 7 aliphatic heterocycles. The molecule has 8 fully saturated rings. The summed E-state index contributed by atoms with van der Waals surface area (Å²) in [5, 5.41) is 14.9. The van der Waals surface area contributed by atoms with Gasteiger partial charge in [-0.25, -0.2) is 22.4 Å². The molecule has 18 nitrogen and oxygen atoms in total. The van der Waals surface area contributed by atoms with Gasteiger partial charge in [0.25, 0.3) is 0 Å². The van der Waals surface area contributed by atoms with Gasteiger partial charge in [0, 0.05) is 104 Å². The van der Waals surface area contributed by atoms with Crippen molar-refractivity contribution in [2.45, 2.75) is 133 Å². The molecule has 1 aliphatic carbocycles. The van der Waals surface area contributed by atoms with Crippen LogP contribution in [0.2, 0.25) is 10.0 Å². The lowest BCUT2D eigenvalue weighted by Crippen LogP contribution is -2.57. The van der Waals surface area contributed by atoms with Gasteiger partial charge >= 0.3 is 18.1 Å². The van der Waals surface area contributed by atoms with Crippen molar-refractivity contribution in [1.29, 1.82) is 0 Å². The van der Waals surface area contributed by atoms with Crippen LogP contribution >= 0.6 is 23.2 Å². The molecule has 95 heavy (non-hydrogen) atoms. The summed E-state index contributed by atoms with van der Waals surface area (Å²) >= 11 is 13.3. The highest BCUT2D eigenvalue weighted by Crippen LogP contribution is 2.47. The number of carbonyl (C=O) groups is 1. The quantitative estimate of drug-likeness (QED) is 0.0851. The van der Waals surface area contributed by atoms with Gasteiger partial charge in [-0.2, -0.15) is 19.9 Å². The molecule has 0 radical (unpaired) electrons. The number of anilines is 2. The summed E-state index contributed by atoms with van der Waals surface area (Å²) < 4.78 is 92.1. The third-order valence-electron chi connectivity index (χ3n) is 20.7. The van der Waals surface area contributed by atoms with Crippen LogP contribution in [0.1, 0.15) is 91.4 Å². The molecule has 7 saturated heterocycles. The Morgan fingerprint density at radius 3 is 1.68 bits per heavy atom. The number of piperazine rings is 1. The number of rotatable bonds is 13. The summed E-state index contributed by atoms with van der Waals surface area (Å²) in [5.41, 5.74) is -0.405. The van der Waals surface area contributed by atoms with Crippen LogP contribution < -0.4 is 24.0 Å². The number of phenolic OH excluding ortho intramolecular Hbond substituents is 1. The molecule has 1 saturated carbocycles. The Hall–Kier alpha value is -7.44. The first-order chi connectivity index (χ1) is 45.3. The lowest BCUT2D eigenvalue weighted by Gasteiger charge is -2.42. The third-order valence-corrected chi connectivity index (χ3v) is 21.3. The van der Waals surface area contributed by atoms with Gasteiger partial charge in [-0.05, 0) is 151 Å².